The SMILES string of the molecule is CCN(CC(O)c1ccc(C)cc1)C(=O)c1nnn(C2CCNCC2)c1C. The second-order valence-corrected chi connectivity index (χ2v) is 7.22. The summed E-state index contributed by atoms with van der Waals surface area (Å²) in [5, 5.41) is 22.3. The molecule has 1 aromatic heterocycles. The third kappa shape index (κ3) is 4.36. The molecule has 2 heterocycles. The lowest BCUT2D eigenvalue weighted by atomic mass is 10.1. The lowest BCUT2D eigenvalue weighted by Crippen LogP contribution is -2.35. The van der Waals surface area contributed by atoms with E-state index in [1.807, 2.05) is 49.7 Å². The number of likely N-dealkylation sites (N-methyl/N-ethyl adjacent to an activating group) is 1. The van der Waals surface area contributed by atoms with E-state index in [4.69, 9.17) is 0 Å². The van der Waals surface area contributed by atoms with E-state index < -0.39 is 6.10 Å². The van der Waals surface area contributed by atoms with Crippen molar-refractivity contribution < 1.29 is 9.90 Å². The Morgan fingerprint density at radius 2 is 1.96 bits per heavy atom. The van der Waals surface area contributed by atoms with Gasteiger partial charge in [-0.2, -0.15) is 0 Å². The van der Waals surface area contributed by atoms with Crippen molar-refractivity contribution in [1.82, 2.24) is 25.2 Å². The molecule has 1 unspecified atom stereocenters. The van der Waals surface area contributed by atoms with Gasteiger partial charge in [0, 0.05) is 6.54 Å². The first-order valence-electron chi connectivity index (χ1n) is 9.67. The molecule has 7 nitrogen and oxygen atoms in total. The van der Waals surface area contributed by atoms with Gasteiger partial charge in [-0.1, -0.05) is 35.0 Å². The maximum Gasteiger partial charge on any atom is 0.276 e. The fourth-order valence-corrected chi connectivity index (χ4v) is 3.54. The van der Waals surface area contributed by atoms with Gasteiger partial charge in [-0.05, 0) is 52.3 Å². The van der Waals surface area contributed by atoms with E-state index in [0.29, 0.717) is 12.2 Å². The maximum absolute atomic E-state index is 13.0. The molecular formula is C20H29N5O2. The fourth-order valence-electron chi connectivity index (χ4n) is 3.54. The van der Waals surface area contributed by atoms with E-state index in [1.165, 1.54) is 0 Å². The van der Waals surface area contributed by atoms with Crippen LogP contribution in [0.1, 0.15) is 59.2 Å². The third-order valence-electron chi connectivity index (χ3n) is 5.31. The molecule has 0 radical (unpaired) electrons. The Bertz CT molecular complexity index is 765. The van der Waals surface area contributed by atoms with E-state index in [1.54, 1.807) is 4.90 Å². The van der Waals surface area contributed by atoms with Crippen LogP contribution in [0.25, 0.3) is 0 Å². The molecule has 3 rings (SSSR count). The first kappa shape index (κ1) is 19.5. The third-order valence-corrected chi connectivity index (χ3v) is 5.31. The standard InChI is InChI=1S/C20H29N5O2/c1-4-24(13-18(26)16-7-5-14(2)6-8-16)20(27)19-15(3)25(23-22-19)17-9-11-21-12-10-17/h5-8,17-18,21,26H,4,9-13H2,1-3H3. The van der Waals surface area contributed by atoms with Crippen LogP contribution < -0.4 is 5.32 Å². The number of nitrogens with one attached hydrogen (secondary N) is 1. The number of hydrogen-bond acceptors (Lipinski definition) is 5. The van der Waals surface area contributed by atoms with Crippen molar-refractivity contribution >= 4 is 5.91 Å². The van der Waals surface area contributed by atoms with Crippen LogP contribution in [-0.4, -0.2) is 57.1 Å². The summed E-state index contributed by atoms with van der Waals surface area (Å²) < 4.78 is 1.89. The maximum atomic E-state index is 13.0. The van der Waals surface area contributed by atoms with Crippen LogP contribution in [0.3, 0.4) is 0 Å². The summed E-state index contributed by atoms with van der Waals surface area (Å²) in [4.78, 5) is 14.6. The Kier molecular flexibility index (Phi) is 6.23. The minimum Gasteiger partial charge on any atom is -0.387 e. The number of piperidine rings is 1. The van der Waals surface area contributed by atoms with E-state index in [-0.39, 0.29) is 18.5 Å². The molecule has 1 atom stereocenters. The predicted octanol–water partition coefficient (Wildman–Crippen LogP) is 2.02. The van der Waals surface area contributed by atoms with Crippen LogP contribution in [0.2, 0.25) is 0 Å². The molecule has 1 amide bonds. The zero-order valence-electron chi connectivity index (χ0n) is 16.4. The predicted molar refractivity (Wildman–Crippen MR) is 104 cm³/mol. The van der Waals surface area contributed by atoms with Crippen LogP contribution in [0.5, 0.6) is 0 Å². The molecule has 1 aliphatic heterocycles. The number of carbonyl (C=O) groups is 1. The van der Waals surface area contributed by atoms with Gasteiger partial charge in [0.25, 0.3) is 5.91 Å². The highest BCUT2D eigenvalue weighted by atomic mass is 16.3. The van der Waals surface area contributed by atoms with Crippen molar-refractivity contribution in [3.05, 3.63) is 46.8 Å². The van der Waals surface area contributed by atoms with Crippen molar-refractivity contribution in [3.8, 4) is 0 Å². The number of carbonyl (C=O) groups excluding carboxylic acids is 1. The molecular weight excluding hydrogens is 342 g/mol. The second-order valence-electron chi connectivity index (χ2n) is 7.22. The average Bonchev–Trinajstić information content (AvgIpc) is 3.08. The quantitative estimate of drug-likeness (QED) is 0.812. The van der Waals surface area contributed by atoms with E-state index in [0.717, 1.165) is 42.8 Å². The van der Waals surface area contributed by atoms with Gasteiger partial charge in [0.15, 0.2) is 5.69 Å². The van der Waals surface area contributed by atoms with Gasteiger partial charge in [-0.25, -0.2) is 4.68 Å². The van der Waals surface area contributed by atoms with Gasteiger partial charge in [0.1, 0.15) is 0 Å². The van der Waals surface area contributed by atoms with Crippen LogP contribution in [-0.2, 0) is 0 Å². The number of nitrogens with zero attached hydrogens (tertiary/aromatic N) is 4. The number of aliphatic hydroxyl groups excluding tert-OH is 1. The van der Waals surface area contributed by atoms with E-state index in [2.05, 4.69) is 15.6 Å². The zero-order valence-corrected chi connectivity index (χ0v) is 16.4. The molecule has 27 heavy (non-hydrogen) atoms. The Hall–Kier alpha value is -2.25. The first-order valence-corrected chi connectivity index (χ1v) is 9.67. The van der Waals surface area contributed by atoms with Gasteiger partial charge in [-0.3, -0.25) is 4.79 Å². The minimum atomic E-state index is -0.728. The van der Waals surface area contributed by atoms with Gasteiger partial charge < -0.3 is 15.3 Å². The molecule has 0 saturated carbocycles. The van der Waals surface area contributed by atoms with E-state index >= 15 is 0 Å². The summed E-state index contributed by atoms with van der Waals surface area (Å²) >= 11 is 0. The molecule has 1 saturated heterocycles. The van der Waals surface area contributed by atoms with Crippen LogP contribution in [0.15, 0.2) is 24.3 Å². The molecule has 1 aromatic carbocycles. The summed E-state index contributed by atoms with van der Waals surface area (Å²) in [6, 6.07) is 8.01. The second kappa shape index (κ2) is 8.63. The van der Waals surface area contributed by atoms with Gasteiger partial charge in [-0.15, -0.1) is 5.10 Å². The molecule has 0 bridgehead atoms. The monoisotopic (exact) mass is 371 g/mol. The lowest BCUT2D eigenvalue weighted by molar-refractivity contribution is 0.0628. The highest BCUT2D eigenvalue weighted by Gasteiger charge is 2.26. The average molecular weight is 371 g/mol. The van der Waals surface area contributed by atoms with Crippen molar-refractivity contribution in [1.29, 1.82) is 0 Å². The number of rotatable bonds is 6. The highest BCUT2D eigenvalue weighted by molar-refractivity contribution is 5.93. The molecule has 0 aliphatic carbocycles. The van der Waals surface area contributed by atoms with Crippen molar-refractivity contribution in [2.24, 2.45) is 0 Å². The van der Waals surface area contributed by atoms with Crippen LogP contribution >= 0.6 is 0 Å². The number of amides is 1. The summed E-state index contributed by atoms with van der Waals surface area (Å²) in [5.74, 6) is -0.179. The summed E-state index contributed by atoms with van der Waals surface area (Å²) in [5.41, 5.74) is 3.13. The summed E-state index contributed by atoms with van der Waals surface area (Å²) in [6.45, 7) is 8.46. The van der Waals surface area contributed by atoms with Crippen molar-refractivity contribution in [2.45, 2.75) is 45.8 Å². The molecule has 2 N–H and O–H groups in total. The minimum absolute atomic E-state index is 0.179. The van der Waals surface area contributed by atoms with Crippen LogP contribution in [0, 0.1) is 13.8 Å². The molecule has 1 aliphatic rings. The number of aliphatic hydroxyl groups is 1. The first-order chi connectivity index (χ1) is 13.0. The van der Waals surface area contributed by atoms with Crippen LogP contribution in [0.4, 0.5) is 0 Å². The zero-order chi connectivity index (χ0) is 19.4. The number of hydrogen-bond donors (Lipinski definition) is 2. The number of aromatic nitrogens is 3. The Morgan fingerprint density at radius 3 is 2.59 bits per heavy atom. The van der Waals surface area contributed by atoms with Gasteiger partial charge in [0.05, 0.1) is 24.4 Å². The molecule has 0 spiro atoms. The number of aryl methyl sites for hydroxylation is 1. The Labute approximate surface area is 160 Å². The lowest BCUT2D eigenvalue weighted by Gasteiger charge is -2.25. The summed E-state index contributed by atoms with van der Waals surface area (Å²) in [7, 11) is 0. The molecule has 7 heteroatoms. The Morgan fingerprint density at radius 1 is 1.30 bits per heavy atom. The van der Waals surface area contributed by atoms with Crippen molar-refractivity contribution in [3.63, 3.8) is 0 Å². The summed E-state index contributed by atoms with van der Waals surface area (Å²) in [6.07, 6.45) is 1.25. The molecule has 2 aromatic rings. The topological polar surface area (TPSA) is 83.3 Å². The normalized spacial score (nSPS) is 16.3. The van der Waals surface area contributed by atoms with Gasteiger partial charge in [0.2, 0.25) is 0 Å². The molecule has 146 valence electrons. The number of benzene rings is 1. The fraction of sp³-hybridized carbons (Fsp3) is 0.550. The Balaban J connectivity index is 1.72. The van der Waals surface area contributed by atoms with E-state index in [9.17, 15) is 9.90 Å². The largest absolute Gasteiger partial charge is 0.387 e. The van der Waals surface area contributed by atoms with Crippen molar-refractivity contribution in [2.75, 3.05) is 26.2 Å². The molecule has 1 fully saturated rings. The van der Waals surface area contributed by atoms with Gasteiger partial charge >= 0.3 is 0 Å². The highest BCUT2D eigenvalue weighted by Crippen LogP contribution is 2.22. The smallest absolute Gasteiger partial charge is 0.276 e.